The highest BCUT2D eigenvalue weighted by Gasteiger charge is 2.22. The normalized spacial score (nSPS) is 15.3. The van der Waals surface area contributed by atoms with Crippen molar-refractivity contribution in [3.8, 4) is 17.2 Å². The summed E-state index contributed by atoms with van der Waals surface area (Å²) in [5.74, 6) is -0.196. The van der Waals surface area contributed by atoms with Gasteiger partial charge in [-0.1, -0.05) is 12.1 Å². The lowest BCUT2D eigenvalue weighted by atomic mass is 10.2. The van der Waals surface area contributed by atoms with E-state index in [4.69, 9.17) is 9.47 Å². The topological polar surface area (TPSA) is 96.9 Å². The lowest BCUT2D eigenvalue weighted by Gasteiger charge is -2.26. The fraction of sp³-hybridized carbons (Fsp3) is 0.222. The van der Waals surface area contributed by atoms with Crippen LogP contribution in [0.25, 0.3) is 0 Å². The molecular formula is C18H18N2O5. The molecule has 0 fully saturated rings. The molecular weight excluding hydrogens is 324 g/mol. The zero-order valence-electron chi connectivity index (χ0n) is 13.6. The van der Waals surface area contributed by atoms with Crippen molar-refractivity contribution in [3.05, 3.63) is 48.0 Å². The largest absolute Gasteiger partial charge is 0.508 e. The van der Waals surface area contributed by atoms with E-state index in [1.165, 1.54) is 18.2 Å². The molecule has 1 aliphatic rings. The van der Waals surface area contributed by atoms with Gasteiger partial charge in [0.15, 0.2) is 11.5 Å². The number of fused-ring (bicyclic) bond motifs is 1. The van der Waals surface area contributed by atoms with E-state index in [1.807, 2.05) is 12.1 Å². The van der Waals surface area contributed by atoms with Gasteiger partial charge in [0, 0.05) is 5.69 Å². The Morgan fingerprint density at radius 3 is 2.68 bits per heavy atom. The third-order valence-corrected chi connectivity index (χ3v) is 3.72. The number of carbonyl (C=O) groups excluding carboxylic acids is 2. The molecule has 0 spiro atoms. The maximum absolute atomic E-state index is 12.0. The van der Waals surface area contributed by atoms with Gasteiger partial charge in [-0.2, -0.15) is 0 Å². The predicted molar refractivity (Wildman–Crippen MR) is 90.8 cm³/mol. The zero-order valence-corrected chi connectivity index (χ0v) is 13.6. The van der Waals surface area contributed by atoms with E-state index < -0.39 is 11.8 Å². The smallest absolute Gasteiger partial charge is 0.313 e. The molecule has 130 valence electrons. The standard InChI is InChI=1S/C18H18N2O5/c1-11-8-12(21)6-7-14(11)20-18(23)17(22)19-9-13-10-24-15-4-2-3-5-16(15)25-13/h2-8,13,21H,9-10H2,1H3,(H,19,22)(H,20,23). The first kappa shape index (κ1) is 16.6. The number of para-hydroxylation sites is 2. The van der Waals surface area contributed by atoms with E-state index in [0.717, 1.165) is 0 Å². The average Bonchev–Trinajstić information content (AvgIpc) is 2.61. The van der Waals surface area contributed by atoms with E-state index in [2.05, 4.69) is 10.6 Å². The summed E-state index contributed by atoms with van der Waals surface area (Å²) in [5, 5.41) is 14.4. The molecule has 25 heavy (non-hydrogen) atoms. The average molecular weight is 342 g/mol. The first-order valence-corrected chi connectivity index (χ1v) is 7.80. The van der Waals surface area contributed by atoms with Gasteiger partial charge in [-0.05, 0) is 42.8 Å². The van der Waals surface area contributed by atoms with Gasteiger partial charge in [-0.3, -0.25) is 9.59 Å². The van der Waals surface area contributed by atoms with Crippen molar-refractivity contribution in [2.75, 3.05) is 18.5 Å². The lowest BCUT2D eigenvalue weighted by Crippen LogP contribution is -2.44. The van der Waals surface area contributed by atoms with Crippen molar-refractivity contribution in [3.63, 3.8) is 0 Å². The minimum absolute atomic E-state index is 0.0923. The van der Waals surface area contributed by atoms with Crippen molar-refractivity contribution in [1.82, 2.24) is 5.32 Å². The number of hydrogen-bond acceptors (Lipinski definition) is 5. The Hall–Kier alpha value is -3.22. The van der Waals surface area contributed by atoms with Gasteiger partial charge >= 0.3 is 11.8 Å². The quantitative estimate of drug-likeness (QED) is 0.581. The number of aromatic hydroxyl groups is 1. The van der Waals surface area contributed by atoms with Gasteiger partial charge in [0.2, 0.25) is 0 Å². The SMILES string of the molecule is Cc1cc(O)ccc1NC(=O)C(=O)NCC1COc2ccccc2O1. The zero-order chi connectivity index (χ0) is 17.8. The van der Waals surface area contributed by atoms with E-state index in [1.54, 1.807) is 19.1 Å². The fourth-order valence-corrected chi connectivity index (χ4v) is 2.42. The first-order chi connectivity index (χ1) is 12.0. The van der Waals surface area contributed by atoms with Crippen LogP contribution in [0.5, 0.6) is 17.2 Å². The second-order valence-corrected chi connectivity index (χ2v) is 5.66. The lowest BCUT2D eigenvalue weighted by molar-refractivity contribution is -0.136. The minimum atomic E-state index is -0.786. The van der Waals surface area contributed by atoms with Gasteiger partial charge in [-0.15, -0.1) is 0 Å². The summed E-state index contributed by atoms with van der Waals surface area (Å²) in [6.45, 7) is 2.16. The molecule has 0 radical (unpaired) electrons. The molecule has 0 saturated carbocycles. The summed E-state index contributed by atoms with van der Waals surface area (Å²) in [5.41, 5.74) is 1.12. The Balaban J connectivity index is 1.52. The van der Waals surface area contributed by atoms with Gasteiger partial charge in [-0.25, -0.2) is 0 Å². The first-order valence-electron chi connectivity index (χ1n) is 7.80. The summed E-state index contributed by atoms with van der Waals surface area (Å²) in [6, 6.07) is 11.7. The molecule has 0 saturated heterocycles. The van der Waals surface area contributed by atoms with Gasteiger partial charge in [0.05, 0.1) is 6.54 Å². The molecule has 2 aromatic carbocycles. The van der Waals surface area contributed by atoms with Crippen molar-refractivity contribution in [1.29, 1.82) is 0 Å². The van der Waals surface area contributed by atoms with Crippen molar-refractivity contribution in [2.45, 2.75) is 13.0 Å². The Bertz CT molecular complexity index is 806. The molecule has 0 aliphatic carbocycles. The van der Waals surface area contributed by atoms with E-state index in [-0.39, 0.29) is 25.0 Å². The summed E-state index contributed by atoms with van der Waals surface area (Å²) >= 11 is 0. The van der Waals surface area contributed by atoms with Crippen LogP contribution in [0.2, 0.25) is 0 Å². The summed E-state index contributed by atoms with van der Waals surface area (Å²) < 4.78 is 11.3. The van der Waals surface area contributed by atoms with Crippen LogP contribution in [0.3, 0.4) is 0 Å². The second kappa shape index (κ2) is 7.12. The summed E-state index contributed by atoms with van der Waals surface area (Å²) in [7, 11) is 0. The van der Waals surface area contributed by atoms with Crippen LogP contribution in [-0.4, -0.2) is 36.2 Å². The molecule has 2 aromatic rings. The Morgan fingerprint density at radius 1 is 1.16 bits per heavy atom. The highest BCUT2D eigenvalue weighted by atomic mass is 16.6. The molecule has 1 heterocycles. The monoisotopic (exact) mass is 342 g/mol. The number of anilines is 1. The number of aryl methyl sites for hydroxylation is 1. The number of phenols is 1. The second-order valence-electron chi connectivity index (χ2n) is 5.66. The summed E-state index contributed by atoms with van der Waals surface area (Å²) in [6.07, 6.45) is -0.373. The van der Waals surface area contributed by atoms with Crippen LogP contribution in [0.1, 0.15) is 5.56 Å². The van der Waals surface area contributed by atoms with E-state index >= 15 is 0 Å². The van der Waals surface area contributed by atoms with E-state index in [0.29, 0.717) is 22.7 Å². The van der Waals surface area contributed by atoms with Crippen molar-refractivity contribution in [2.24, 2.45) is 0 Å². The number of ether oxygens (including phenoxy) is 2. The van der Waals surface area contributed by atoms with E-state index in [9.17, 15) is 14.7 Å². The molecule has 1 atom stereocenters. The van der Waals surface area contributed by atoms with Crippen LogP contribution in [-0.2, 0) is 9.59 Å². The molecule has 7 nitrogen and oxygen atoms in total. The molecule has 0 bridgehead atoms. The maximum atomic E-state index is 12.0. The number of benzene rings is 2. The van der Waals surface area contributed by atoms with Crippen LogP contribution < -0.4 is 20.1 Å². The van der Waals surface area contributed by atoms with Crippen LogP contribution in [0, 0.1) is 6.92 Å². The van der Waals surface area contributed by atoms with Gasteiger partial charge in [0.25, 0.3) is 0 Å². The Morgan fingerprint density at radius 2 is 1.92 bits per heavy atom. The highest BCUT2D eigenvalue weighted by molar-refractivity contribution is 6.39. The highest BCUT2D eigenvalue weighted by Crippen LogP contribution is 2.30. The predicted octanol–water partition coefficient (Wildman–Crippen LogP) is 1.60. The number of rotatable bonds is 3. The van der Waals surface area contributed by atoms with Crippen LogP contribution in [0.15, 0.2) is 42.5 Å². The Kier molecular flexibility index (Phi) is 4.74. The molecule has 7 heteroatoms. The van der Waals surface area contributed by atoms with Gasteiger partial charge in [0.1, 0.15) is 18.5 Å². The third kappa shape index (κ3) is 4.00. The Labute approximate surface area is 144 Å². The molecule has 0 aromatic heterocycles. The molecule has 1 unspecified atom stereocenters. The van der Waals surface area contributed by atoms with Crippen LogP contribution >= 0.6 is 0 Å². The summed E-state index contributed by atoms with van der Waals surface area (Å²) in [4.78, 5) is 23.9. The van der Waals surface area contributed by atoms with Crippen molar-refractivity contribution < 1.29 is 24.2 Å². The van der Waals surface area contributed by atoms with Crippen LogP contribution in [0.4, 0.5) is 5.69 Å². The molecule has 3 rings (SSSR count). The number of hydrogen-bond donors (Lipinski definition) is 3. The number of amides is 2. The minimum Gasteiger partial charge on any atom is -0.508 e. The molecule has 2 amide bonds. The van der Waals surface area contributed by atoms with Gasteiger partial charge < -0.3 is 25.2 Å². The van der Waals surface area contributed by atoms with Crippen molar-refractivity contribution >= 4 is 17.5 Å². The number of nitrogens with one attached hydrogen (secondary N) is 2. The third-order valence-electron chi connectivity index (χ3n) is 3.72. The number of carbonyl (C=O) groups is 2. The number of phenolic OH excluding ortho intramolecular Hbond substituents is 1. The molecule has 1 aliphatic heterocycles. The maximum Gasteiger partial charge on any atom is 0.313 e. The molecule has 3 N–H and O–H groups in total. The fourth-order valence-electron chi connectivity index (χ4n) is 2.42.